The maximum Gasteiger partial charge on any atom is 0.236 e. The number of carbonyl (C=O) groups excluding carboxylic acids is 1. The van der Waals surface area contributed by atoms with Crippen LogP contribution in [0, 0.1) is 6.92 Å². The molecule has 0 saturated heterocycles. The highest BCUT2D eigenvalue weighted by Gasteiger charge is 2.05. The van der Waals surface area contributed by atoms with E-state index in [2.05, 4.69) is 10.4 Å². The van der Waals surface area contributed by atoms with E-state index < -0.39 is 6.04 Å². The fraction of sp³-hybridized carbons (Fsp3) is 0.556. The molecule has 14 heavy (non-hydrogen) atoms. The van der Waals surface area contributed by atoms with Gasteiger partial charge in [0.2, 0.25) is 5.91 Å². The first-order valence-corrected chi connectivity index (χ1v) is 4.62. The van der Waals surface area contributed by atoms with Gasteiger partial charge in [0.25, 0.3) is 0 Å². The third kappa shape index (κ3) is 3.18. The molecule has 1 aromatic rings. The molecule has 0 radical (unpaired) electrons. The molecule has 0 saturated carbocycles. The van der Waals surface area contributed by atoms with Crippen LogP contribution in [0.25, 0.3) is 0 Å². The molecule has 3 N–H and O–H groups in total. The van der Waals surface area contributed by atoms with E-state index in [1.54, 1.807) is 17.8 Å². The Morgan fingerprint density at radius 1 is 1.79 bits per heavy atom. The molecule has 0 bridgehead atoms. The molecule has 78 valence electrons. The normalized spacial score (nSPS) is 12.5. The van der Waals surface area contributed by atoms with E-state index in [-0.39, 0.29) is 5.91 Å². The van der Waals surface area contributed by atoms with E-state index in [4.69, 9.17) is 5.73 Å². The molecule has 0 aliphatic carbocycles. The first kappa shape index (κ1) is 10.7. The third-order valence-electron chi connectivity index (χ3n) is 1.82. The zero-order chi connectivity index (χ0) is 10.6. The third-order valence-corrected chi connectivity index (χ3v) is 1.82. The van der Waals surface area contributed by atoms with Gasteiger partial charge < -0.3 is 11.1 Å². The van der Waals surface area contributed by atoms with Crippen molar-refractivity contribution in [1.29, 1.82) is 0 Å². The van der Waals surface area contributed by atoms with Crippen molar-refractivity contribution in [2.45, 2.75) is 26.4 Å². The van der Waals surface area contributed by atoms with Crippen molar-refractivity contribution in [2.24, 2.45) is 5.73 Å². The highest BCUT2D eigenvalue weighted by atomic mass is 16.2. The number of aryl methyl sites for hydroxylation is 1. The fourth-order valence-corrected chi connectivity index (χ4v) is 1.04. The van der Waals surface area contributed by atoms with Gasteiger partial charge in [-0.2, -0.15) is 5.10 Å². The summed E-state index contributed by atoms with van der Waals surface area (Å²) in [5, 5.41) is 6.81. The SMILES string of the molecule is Cc1cnn(CCNC(=O)C(C)N)c1. The van der Waals surface area contributed by atoms with Crippen molar-refractivity contribution in [1.82, 2.24) is 15.1 Å². The average Bonchev–Trinajstić information content (AvgIpc) is 2.51. The van der Waals surface area contributed by atoms with Crippen LogP contribution in [0.2, 0.25) is 0 Å². The molecule has 0 spiro atoms. The summed E-state index contributed by atoms with van der Waals surface area (Å²) in [4.78, 5) is 11.1. The van der Waals surface area contributed by atoms with E-state index in [1.807, 2.05) is 13.1 Å². The number of amides is 1. The van der Waals surface area contributed by atoms with Crippen LogP contribution in [0.1, 0.15) is 12.5 Å². The van der Waals surface area contributed by atoms with E-state index in [1.165, 1.54) is 0 Å². The predicted molar refractivity (Wildman–Crippen MR) is 53.6 cm³/mol. The monoisotopic (exact) mass is 196 g/mol. The smallest absolute Gasteiger partial charge is 0.236 e. The first-order chi connectivity index (χ1) is 6.59. The molecule has 0 aliphatic rings. The molecular formula is C9H16N4O. The van der Waals surface area contributed by atoms with Gasteiger partial charge in [-0.25, -0.2) is 0 Å². The van der Waals surface area contributed by atoms with Crippen LogP contribution in [0.3, 0.4) is 0 Å². The lowest BCUT2D eigenvalue weighted by atomic mass is 10.3. The zero-order valence-electron chi connectivity index (χ0n) is 8.53. The summed E-state index contributed by atoms with van der Waals surface area (Å²) in [5.74, 6) is -0.131. The van der Waals surface area contributed by atoms with Crippen molar-refractivity contribution >= 4 is 5.91 Å². The van der Waals surface area contributed by atoms with Crippen molar-refractivity contribution in [3.05, 3.63) is 18.0 Å². The molecule has 5 nitrogen and oxygen atoms in total. The maximum absolute atomic E-state index is 11.1. The summed E-state index contributed by atoms with van der Waals surface area (Å²) in [6, 6.07) is -0.450. The Hall–Kier alpha value is -1.36. The molecular weight excluding hydrogens is 180 g/mol. The molecule has 0 fully saturated rings. The summed E-state index contributed by atoms with van der Waals surface area (Å²) in [6.45, 7) is 4.87. The van der Waals surface area contributed by atoms with Crippen molar-refractivity contribution < 1.29 is 4.79 Å². The molecule has 1 heterocycles. The van der Waals surface area contributed by atoms with Crippen LogP contribution >= 0.6 is 0 Å². The molecule has 0 aromatic carbocycles. The summed E-state index contributed by atoms with van der Waals surface area (Å²) in [7, 11) is 0. The van der Waals surface area contributed by atoms with Gasteiger partial charge in [-0.3, -0.25) is 9.48 Å². The van der Waals surface area contributed by atoms with Crippen molar-refractivity contribution in [3.8, 4) is 0 Å². The number of nitrogens with one attached hydrogen (secondary N) is 1. The lowest BCUT2D eigenvalue weighted by Crippen LogP contribution is -2.39. The number of carbonyl (C=O) groups is 1. The van der Waals surface area contributed by atoms with Crippen LogP contribution in [-0.2, 0) is 11.3 Å². The number of nitrogens with two attached hydrogens (primary N) is 1. The average molecular weight is 196 g/mol. The van der Waals surface area contributed by atoms with Crippen molar-refractivity contribution in [3.63, 3.8) is 0 Å². The lowest BCUT2D eigenvalue weighted by Gasteiger charge is -2.07. The number of rotatable bonds is 4. The van der Waals surface area contributed by atoms with E-state index in [0.717, 1.165) is 5.56 Å². The fourth-order valence-electron chi connectivity index (χ4n) is 1.04. The number of hydrogen-bond donors (Lipinski definition) is 2. The number of aromatic nitrogens is 2. The van der Waals surface area contributed by atoms with Crippen LogP contribution in [-0.4, -0.2) is 28.3 Å². The molecule has 5 heteroatoms. The van der Waals surface area contributed by atoms with Crippen LogP contribution in [0.5, 0.6) is 0 Å². The van der Waals surface area contributed by atoms with E-state index >= 15 is 0 Å². The van der Waals surface area contributed by atoms with Gasteiger partial charge in [-0.05, 0) is 19.4 Å². The molecule has 0 aliphatic heterocycles. The van der Waals surface area contributed by atoms with Gasteiger partial charge in [0, 0.05) is 12.7 Å². The molecule has 1 rings (SSSR count). The van der Waals surface area contributed by atoms with Crippen molar-refractivity contribution in [2.75, 3.05) is 6.54 Å². The minimum absolute atomic E-state index is 0.131. The molecule has 1 atom stereocenters. The Morgan fingerprint density at radius 3 is 3.00 bits per heavy atom. The topological polar surface area (TPSA) is 72.9 Å². The maximum atomic E-state index is 11.1. The molecule has 1 unspecified atom stereocenters. The van der Waals surface area contributed by atoms with Crippen LogP contribution < -0.4 is 11.1 Å². The van der Waals surface area contributed by atoms with Gasteiger partial charge in [-0.15, -0.1) is 0 Å². The minimum Gasteiger partial charge on any atom is -0.353 e. The molecule has 1 aromatic heterocycles. The summed E-state index contributed by atoms with van der Waals surface area (Å²) in [6.07, 6.45) is 3.71. The lowest BCUT2D eigenvalue weighted by molar-refractivity contribution is -0.122. The van der Waals surface area contributed by atoms with E-state index in [0.29, 0.717) is 13.1 Å². The summed E-state index contributed by atoms with van der Waals surface area (Å²) < 4.78 is 1.79. The highest BCUT2D eigenvalue weighted by Crippen LogP contribution is 1.92. The van der Waals surface area contributed by atoms with Gasteiger partial charge in [0.05, 0.1) is 18.8 Å². The minimum atomic E-state index is -0.450. The highest BCUT2D eigenvalue weighted by molar-refractivity contribution is 5.80. The van der Waals surface area contributed by atoms with E-state index in [9.17, 15) is 4.79 Å². The summed E-state index contributed by atoms with van der Waals surface area (Å²) in [5.41, 5.74) is 6.50. The van der Waals surface area contributed by atoms with Gasteiger partial charge in [0.1, 0.15) is 0 Å². The van der Waals surface area contributed by atoms with Gasteiger partial charge in [-0.1, -0.05) is 0 Å². The zero-order valence-corrected chi connectivity index (χ0v) is 8.53. The Balaban J connectivity index is 2.25. The first-order valence-electron chi connectivity index (χ1n) is 4.62. The standard InChI is InChI=1S/C9H16N4O/c1-7-5-12-13(6-7)4-3-11-9(14)8(2)10/h5-6,8H,3-4,10H2,1-2H3,(H,11,14). The predicted octanol–water partition coefficient (Wildman–Crippen LogP) is -0.345. The summed E-state index contributed by atoms with van der Waals surface area (Å²) >= 11 is 0. The Bertz CT molecular complexity index is 306. The van der Waals surface area contributed by atoms with Crippen LogP contribution in [0.4, 0.5) is 0 Å². The second-order valence-corrected chi connectivity index (χ2v) is 3.36. The van der Waals surface area contributed by atoms with Gasteiger partial charge >= 0.3 is 0 Å². The Kier molecular flexibility index (Phi) is 3.64. The molecule has 1 amide bonds. The van der Waals surface area contributed by atoms with Crippen LogP contribution in [0.15, 0.2) is 12.4 Å². The second kappa shape index (κ2) is 4.76. The second-order valence-electron chi connectivity index (χ2n) is 3.36. The largest absolute Gasteiger partial charge is 0.353 e. The number of nitrogens with zero attached hydrogens (tertiary/aromatic N) is 2. The Labute approximate surface area is 83.3 Å². The quantitative estimate of drug-likeness (QED) is 0.691. The van der Waals surface area contributed by atoms with Gasteiger partial charge in [0.15, 0.2) is 0 Å². The Morgan fingerprint density at radius 2 is 2.50 bits per heavy atom. The number of hydrogen-bond acceptors (Lipinski definition) is 3.